The van der Waals surface area contributed by atoms with E-state index in [2.05, 4.69) is 5.32 Å². The topological polar surface area (TPSA) is 96.0 Å². The van der Waals surface area contributed by atoms with E-state index in [4.69, 9.17) is 4.74 Å². The average molecular weight is 552 g/mol. The van der Waals surface area contributed by atoms with Gasteiger partial charge in [-0.1, -0.05) is 48.0 Å². The first-order chi connectivity index (χ1) is 18.5. The van der Waals surface area contributed by atoms with Crippen molar-refractivity contribution in [1.82, 2.24) is 10.2 Å². The zero-order valence-corrected chi connectivity index (χ0v) is 23.9. The lowest BCUT2D eigenvalue weighted by Gasteiger charge is -2.32. The maximum Gasteiger partial charge on any atom is 0.264 e. The summed E-state index contributed by atoms with van der Waals surface area (Å²) in [5, 5.41) is 2.85. The van der Waals surface area contributed by atoms with Gasteiger partial charge in [-0.15, -0.1) is 0 Å². The molecule has 0 spiro atoms. The molecule has 3 aromatic carbocycles. The van der Waals surface area contributed by atoms with Crippen molar-refractivity contribution in [2.45, 2.75) is 58.1 Å². The van der Waals surface area contributed by atoms with E-state index in [1.165, 1.54) is 17.0 Å². The Morgan fingerprint density at radius 2 is 1.51 bits per heavy atom. The SMILES string of the molecule is CCOc1ccc(S(=O)(=O)N(CC(=O)N(Cc2ccccc2)[C@@H](C)C(=O)NC(C)C)c2ccc(C)cc2)cc1. The number of rotatable bonds is 12. The summed E-state index contributed by atoms with van der Waals surface area (Å²) in [5.74, 6) is -0.265. The van der Waals surface area contributed by atoms with E-state index in [0.717, 1.165) is 15.4 Å². The molecule has 3 aromatic rings. The van der Waals surface area contributed by atoms with Gasteiger partial charge in [0, 0.05) is 12.6 Å². The Balaban J connectivity index is 2.00. The number of carbonyl (C=O) groups is 2. The van der Waals surface area contributed by atoms with Crippen LogP contribution in [0.1, 0.15) is 38.8 Å². The quantitative estimate of drug-likeness (QED) is 0.357. The van der Waals surface area contributed by atoms with Crippen molar-refractivity contribution in [3.05, 3.63) is 90.0 Å². The minimum atomic E-state index is -4.14. The van der Waals surface area contributed by atoms with Gasteiger partial charge in [0.25, 0.3) is 10.0 Å². The van der Waals surface area contributed by atoms with E-state index in [1.54, 1.807) is 43.3 Å². The summed E-state index contributed by atoms with van der Waals surface area (Å²) in [6.07, 6.45) is 0. The Kier molecular flexibility index (Phi) is 10.1. The van der Waals surface area contributed by atoms with Gasteiger partial charge in [0.15, 0.2) is 0 Å². The second kappa shape index (κ2) is 13.3. The first-order valence-electron chi connectivity index (χ1n) is 13.0. The minimum Gasteiger partial charge on any atom is -0.494 e. The van der Waals surface area contributed by atoms with Gasteiger partial charge >= 0.3 is 0 Å². The molecule has 1 N–H and O–H groups in total. The zero-order chi connectivity index (χ0) is 28.6. The van der Waals surface area contributed by atoms with Crippen LogP contribution >= 0.6 is 0 Å². The van der Waals surface area contributed by atoms with Crippen molar-refractivity contribution in [3.8, 4) is 5.75 Å². The van der Waals surface area contributed by atoms with E-state index >= 15 is 0 Å². The third-order valence-electron chi connectivity index (χ3n) is 6.12. The lowest BCUT2D eigenvalue weighted by Crippen LogP contribution is -2.52. The number of aryl methyl sites for hydroxylation is 1. The molecule has 208 valence electrons. The molecule has 0 saturated carbocycles. The van der Waals surface area contributed by atoms with Gasteiger partial charge in [-0.3, -0.25) is 13.9 Å². The van der Waals surface area contributed by atoms with Crippen LogP contribution in [0.5, 0.6) is 5.75 Å². The first-order valence-corrected chi connectivity index (χ1v) is 14.4. The first kappa shape index (κ1) is 29.7. The predicted octanol–water partition coefficient (Wildman–Crippen LogP) is 4.53. The van der Waals surface area contributed by atoms with Crippen LogP contribution in [0.25, 0.3) is 0 Å². The van der Waals surface area contributed by atoms with Gasteiger partial charge in [-0.05, 0) is 76.6 Å². The van der Waals surface area contributed by atoms with Crippen LogP contribution in [-0.2, 0) is 26.2 Å². The Morgan fingerprint density at radius 3 is 2.08 bits per heavy atom. The molecule has 1 atom stereocenters. The Labute approximate surface area is 231 Å². The number of anilines is 1. The van der Waals surface area contributed by atoms with Gasteiger partial charge in [-0.25, -0.2) is 8.42 Å². The highest BCUT2D eigenvalue weighted by Crippen LogP contribution is 2.26. The molecular formula is C30H37N3O5S. The Morgan fingerprint density at radius 1 is 0.897 bits per heavy atom. The molecule has 2 amide bonds. The predicted molar refractivity (Wildman–Crippen MR) is 153 cm³/mol. The molecule has 0 aromatic heterocycles. The minimum absolute atomic E-state index is 0.0273. The van der Waals surface area contributed by atoms with Crippen LogP contribution in [0.3, 0.4) is 0 Å². The van der Waals surface area contributed by atoms with Crippen molar-refractivity contribution in [3.63, 3.8) is 0 Å². The molecule has 0 radical (unpaired) electrons. The largest absolute Gasteiger partial charge is 0.494 e. The molecule has 8 nitrogen and oxygen atoms in total. The van der Waals surface area contributed by atoms with Gasteiger partial charge in [0.1, 0.15) is 18.3 Å². The zero-order valence-electron chi connectivity index (χ0n) is 23.1. The van der Waals surface area contributed by atoms with E-state index in [-0.39, 0.29) is 23.4 Å². The normalized spacial score (nSPS) is 12.1. The highest BCUT2D eigenvalue weighted by molar-refractivity contribution is 7.92. The number of hydrogen-bond acceptors (Lipinski definition) is 5. The molecule has 0 unspecified atom stereocenters. The number of sulfonamides is 1. The Bertz CT molecular complexity index is 1340. The molecule has 39 heavy (non-hydrogen) atoms. The van der Waals surface area contributed by atoms with E-state index < -0.39 is 28.5 Å². The molecule has 0 heterocycles. The molecule has 0 aliphatic rings. The third kappa shape index (κ3) is 7.83. The molecule has 0 saturated heterocycles. The summed E-state index contributed by atoms with van der Waals surface area (Å²) in [5.41, 5.74) is 2.13. The van der Waals surface area contributed by atoms with Gasteiger partial charge in [0.05, 0.1) is 17.2 Å². The van der Waals surface area contributed by atoms with Crippen molar-refractivity contribution in [2.75, 3.05) is 17.5 Å². The van der Waals surface area contributed by atoms with Crippen LogP contribution in [-0.4, -0.2) is 50.4 Å². The lowest BCUT2D eigenvalue weighted by molar-refractivity contribution is -0.139. The summed E-state index contributed by atoms with van der Waals surface area (Å²) >= 11 is 0. The summed E-state index contributed by atoms with van der Waals surface area (Å²) < 4.78 is 34.3. The molecule has 3 rings (SSSR count). The van der Waals surface area contributed by atoms with Crippen molar-refractivity contribution in [1.29, 1.82) is 0 Å². The van der Waals surface area contributed by atoms with Gasteiger partial charge < -0.3 is 15.0 Å². The van der Waals surface area contributed by atoms with Crippen molar-refractivity contribution >= 4 is 27.5 Å². The van der Waals surface area contributed by atoms with E-state index in [0.29, 0.717) is 18.0 Å². The number of ether oxygens (including phenoxy) is 1. The van der Waals surface area contributed by atoms with Crippen LogP contribution in [0, 0.1) is 6.92 Å². The molecule has 0 aliphatic carbocycles. The van der Waals surface area contributed by atoms with Crippen LogP contribution in [0.15, 0.2) is 83.8 Å². The fourth-order valence-corrected chi connectivity index (χ4v) is 5.42. The monoisotopic (exact) mass is 551 g/mol. The van der Waals surface area contributed by atoms with Gasteiger partial charge in [0.2, 0.25) is 11.8 Å². The second-order valence-electron chi connectivity index (χ2n) is 9.60. The maximum atomic E-state index is 13.9. The number of amides is 2. The van der Waals surface area contributed by atoms with Crippen LogP contribution < -0.4 is 14.4 Å². The highest BCUT2D eigenvalue weighted by atomic mass is 32.2. The Hall–Kier alpha value is -3.85. The van der Waals surface area contributed by atoms with Crippen LogP contribution in [0.4, 0.5) is 5.69 Å². The number of hydrogen-bond donors (Lipinski definition) is 1. The smallest absolute Gasteiger partial charge is 0.264 e. The third-order valence-corrected chi connectivity index (χ3v) is 7.91. The summed E-state index contributed by atoms with van der Waals surface area (Å²) in [6.45, 7) is 9.20. The fraction of sp³-hybridized carbons (Fsp3) is 0.333. The van der Waals surface area contributed by atoms with Crippen molar-refractivity contribution in [2.24, 2.45) is 0 Å². The second-order valence-corrected chi connectivity index (χ2v) is 11.5. The van der Waals surface area contributed by atoms with Crippen LogP contribution in [0.2, 0.25) is 0 Å². The van der Waals surface area contributed by atoms with Gasteiger partial charge in [-0.2, -0.15) is 0 Å². The maximum absolute atomic E-state index is 13.9. The number of benzene rings is 3. The molecule has 0 aliphatic heterocycles. The van der Waals surface area contributed by atoms with E-state index in [1.807, 2.05) is 58.0 Å². The molecular weight excluding hydrogens is 514 g/mol. The number of nitrogens with one attached hydrogen (secondary N) is 1. The molecule has 0 bridgehead atoms. The lowest BCUT2D eigenvalue weighted by atomic mass is 10.1. The number of carbonyl (C=O) groups excluding carboxylic acids is 2. The molecule has 9 heteroatoms. The summed E-state index contributed by atoms with van der Waals surface area (Å²) in [7, 11) is -4.14. The standard InChI is InChI=1S/C30H37N3O5S/c1-6-38-27-16-18-28(19-17-27)39(36,37)33(26-14-12-23(4)13-15-26)21-29(34)32(20-25-10-8-7-9-11-25)24(5)30(35)31-22(2)3/h7-19,22,24H,6,20-21H2,1-5H3,(H,31,35)/t24-/m0/s1. The van der Waals surface area contributed by atoms with Crippen molar-refractivity contribution < 1.29 is 22.7 Å². The summed E-state index contributed by atoms with van der Waals surface area (Å²) in [6, 6.07) is 21.4. The fourth-order valence-electron chi connectivity index (χ4n) is 4.01. The van der Waals surface area contributed by atoms with E-state index in [9.17, 15) is 18.0 Å². The number of nitrogens with zero attached hydrogens (tertiary/aromatic N) is 2. The molecule has 0 fully saturated rings. The summed E-state index contributed by atoms with van der Waals surface area (Å²) in [4.78, 5) is 28.3. The average Bonchev–Trinajstić information content (AvgIpc) is 2.91. The highest BCUT2D eigenvalue weighted by Gasteiger charge is 2.32.